The molecule has 12 heavy (non-hydrogen) atoms. The van der Waals surface area contributed by atoms with Crippen molar-refractivity contribution < 1.29 is 5.11 Å². The van der Waals surface area contributed by atoms with E-state index in [0.29, 0.717) is 6.42 Å². The quantitative estimate of drug-likeness (QED) is 0.843. The Labute approximate surface area is 80.8 Å². The lowest BCUT2D eigenvalue weighted by Crippen LogP contribution is -2.07. The van der Waals surface area contributed by atoms with Crippen molar-refractivity contribution in [1.29, 1.82) is 0 Å². The van der Waals surface area contributed by atoms with Gasteiger partial charge in [0.05, 0.1) is 6.10 Å². The van der Waals surface area contributed by atoms with Crippen LogP contribution < -0.4 is 0 Å². The van der Waals surface area contributed by atoms with Crippen LogP contribution in [0.2, 0.25) is 0 Å². The molecule has 2 nitrogen and oxygen atoms in total. The molecular formula is C9H12BrNO. The maximum Gasteiger partial charge on any atom is 0.0567 e. The van der Waals surface area contributed by atoms with E-state index in [2.05, 4.69) is 20.9 Å². The summed E-state index contributed by atoms with van der Waals surface area (Å²) in [6.45, 7) is 3.76. The maximum atomic E-state index is 9.15. The first kappa shape index (κ1) is 9.68. The Bertz CT molecular complexity index is 273. The SMILES string of the molecule is Cc1cc(Br)cnc1CC(C)O. The molecule has 0 aliphatic carbocycles. The van der Waals surface area contributed by atoms with Gasteiger partial charge >= 0.3 is 0 Å². The highest BCUT2D eigenvalue weighted by molar-refractivity contribution is 9.10. The van der Waals surface area contributed by atoms with E-state index in [-0.39, 0.29) is 6.10 Å². The van der Waals surface area contributed by atoms with Crippen LogP contribution >= 0.6 is 15.9 Å². The summed E-state index contributed by atoms with van der Waals surface area (Å²) in [4.78, 5) is 4.21. The van der Waals surface area contributed by atoms with E-state index in [0.717, 1.165) is 15.7 Å². The van der Waals surface area contributed by atoms with Gasteiger partial charge in [-0.25, -0.2) is 0 Å². The molecule has 0 fully saturated rings. The fourth-order valence-electron chi connectivity index (χ4n) is 1.06. The van der Waals surface area contributed by atoms with E-state index in [1.807, 2.05) is 13.0 Å². The number of aliphatic hydroxyl groups excluding tert-OH is 1. The lowest BCUT2D eigenvalue weighted by atomic mass is 10.1. The number of nitrogens with zero attached hydrogens (tertiary/aromatic N) is 1. The summed E-state index contributed by atoms with van der Waals surface area (Å²) < 4.78 is 0.981. The monoisotopic (exact) mass is 229 g/mol. The molecular weight excluding hydrogens is 218 g/mol. The minimum atomic E-state index is -0.322. The van der Waals surface area contributed by atoms with Gasteiger partial charge in [0.25, 0.3) is 0 Å². The van der Waals surface area contributed by atoms with Gasteiger partial charge in [-0.15, -0.1) is 0 Å². The van der Waals surface area contributed by atoms with Crippen LogP contribution in [0.3, 0.4) is 0 Å². The predicted octanol–water partition coefficient (Wildman–Crippen LogP) is 2.08. The first-order chi connectivity index (χ1) is 5.59. The molecule has 0 spiro atoms. The molecule has 1 aromatic heterocycles. The van der Waals surface area contributed by atoms with Crippen LogP contribution in [0, 0.1) is 6.92 Å². The lowest BCUT2D eigenvalue weighted by molar-refractivity contribution is 0.194. The van der Waals surface area contributed by atoms with E-state index in [1.54, 1.807) is 13.1 Å². The summed E-state index contributed by atoms with van der Waals surface area (Å²) >= 11 is 3.34. The van der Waals surface area contributed by atoms with Gasteiger partial charge < -0.3 is 5.11 Å². The van der Waals surface area contributed by atoms with Crippen molar-refractivity contribution in [2.45, 2.75) is 26.4 Å². The number of aryl methyl sites for hydroxylation is 1. The van der Waals surface area contributed by atoms with Gasteiger partial charge in [-0.3, -0.25) is 4.98 Å². The fraction of sp³-hybridized carbons (Fsp3) is 0.444. The van der Waals surface area contributed by atoms with Crippen LogP contribution in [0.25, 0.3) is 0 Å². The number of pyridine rings is 1. The standard InChI is InChI=1S/C9H12BrNO/c1-6-3-8(10)5-11-9(6)4-7(2)12/h3,5,7,12H,4H2,1-2H3. The summed E-state index contributed by atoms with van der Waals surface area (Å²) in [5.74, 6) is 0. The second kappa shape index (κ2) is 4.01. The van der Waals surface area contributed by atoms with Crippen molar-refractivity contribution in [2.24, 2.45) is 0 Å². The Kier molecular flexibility index (Phi) is 3.23. The maximum absolute atomic E-state index is 9.15. The molecule has 1 aromatic rings. The molecule has 66 valence electrons. The molecule has 3 heteroatoms. The van der Waals surface area contributed by atoms with Gasteiger partial charge in [-0.1, -0.05) is 0 Å². The van der Waals surface area contributed by atoms with E-state index in [1.165, 1.54) is 0 Å². The van der Waals surface area contributed by atoms with Crippen molar-refractivity contribution in [1.82, 2.24) is 4.98 Å². The van der Waals surface area contributed by atoms with Crippen LogP contribution in [0.15, 0.2) is 16.7 Å². The molecule has 0 aromatic carbocycles. The molecule has 0 aliphatic rings. The van der Waals surface area contributed by atoms with E-state index < -0.39 is 0 Å². The Morgan fingerprint density at radius 2 is 2.33 bits per heavy atom. The molecule has 0 saturated carbocycles. The predicted molar refractivity (Wildman–Crippen MR) is 52.1 cm³/mol. The van der Waals surface area contributed by atoms with Gasteiger partial charge in [0.15, 0.2) is 0 Å². The average molecular weight is 230 g/mol. The van der Waals surface area contributed by atoms with Crippen LogP contribution in [0.5, 0.6) is 0 Å². The molecule has 0 saturated heterocycles. The van der Waals surface area contributed by atoms with Gasteiger partial charge in [0.2, 0.25) is 0 Å². The highest BCUT2D eigenvalue weighted by Crippen LogP contribution is 2.13. The summed E-state index contributed by atoms with van der Waals surface area (Å²) in [6, 6.07) is 2.00. The van der Waals surface area contributed by atoms with Gasteiger partial charge in [0, 0.05) is 22.8 Å². The molecule has 1 rings (SSSR count). The number of rotatable bonds is 2. The highest BCUT2D eigenvalue weighted by Gasteiger charge is 2.03. The zero-order valence-corrected chi connectivity index (χ0v) is 8.80. The van der Waals surface area contributed by atoms with Crippen LogP contribution in [-0.2, 0) is 6.42 Å². The summed E-state index contributed by atoms with van der Waals surface area (Å²) in [5.41, 5.74) is 2.08. The third-order valence-electron chi connectivity index (χ3n) is 1.64. The third kappa shape index (κ3) is 2.57. The summed E-state index contributed by atoms with van der Waals surface area (Å²) in [6.07, 6.45) is 2.06. The van der Waals surface area contributed by atoms with Crippen molar-refractivity contribution in [2.75, 3.05) is 0 Å². The van der Waals surface area contributed by atoms with Crippen molar-refractivity contribution in [3.8, 4) is 0 Å². The minimum absolute atomic E-state index is 0.322. The Balaban J connectivity index is 2.86. The fourth-order valence-corrected chi connectivity index (χ4v) is 1.51. The average Bonchev–Trinajstić information content (AvgIpc) is 1.94. The van der Waals surface area contributed by atoms with E-state index in [9.17, 15) is 0 Å². The smallest absolute Gasteiger partial charge is 0.0567 e. The normalized spacial score (nSPS) is 13.0. The molecule has 1 N–H and O–H groups in total. The highest BCUT2D eigenvalue weighted by atomic mass is 79.9. The number of hydrogen-bond donors (Lipinski definition) is 1. The van der Waals surface area contributed by atoms with Crippen LogP contribution in [-0.4, -0.2) is 16.2 Å². The topological polar surface area (TPSA) is 33.1 Å². The first-order valence-corrected chi connectivity index (χ1v) is 4.68. The second-order valence-corrected chi connectivity index (χ2v) is 3.89. The zero-order chi connectivity index (χ0) is 9.14. The second-order valence-electron chi connectivity index (χ2n) is 2.97. The molecule has 0 radical (unpaired) electrons. The van der Waals surface area contributed by atoms with Crippen LogP contribution in [0.4, 0.5) is 0 Å². The summed E-state index contributed by atoms with van der Waals surface area (Å²) in [5, 5.41) is 9.15. The number of aliphatic hydroxyl groups is 1. The Hall–Kier alpha value is -0.410. The minimum Gasteiger partial charge on any atom is -0.393 e. The molecule has 1 heterocycles. The molecule has 1 atom stereocenters. The van der Waals surface area contributed by atoms with Crippen molar-refractivity contribution in [3.05, 3.63) is 28.0 Å². The Morgan fingerprint density at radius 1 is 1.67 bits per heavy atom. The van der Waals surface area contributed by atoms with Gasteiger partial charge in [0.1, 0.15) is 0 Å². The molecule has 0 amide bonds. The zero-order valence-electron chi connectivity index (χ0n) is 7.21. The number of hydrogen-bond acceptors (Lipinski definition) is 2. The summed E-state index contributed by atoms with van der Waals surface area (Å²) in [7, 11) is 0. The van der Waals surface area contributed by atoms with Crippen LogP contribution in [0.1, 0.15) is 18.2 Å². The van der Waals surface area contributed by atoms with E-state index >= 15 is 0 Å². The largest absolute Gasteiger partial charge is 0.393 e. The van der Waals surface area contributed by atoms with Crippen molar-refractivity contribution in [3.63, 3.8) is 0 Å². The van der Waals surface area contributed by atoms with Crippen molar-refractivity contribution >= 4 is 15.9 Å². The molecule has 0 bridgehead atoms. The number of aromatic nitrogens is 1. The Morgan fingerprint density at radius 3 is 2.83 bits per heavy atom. The first-order valence-electron chi connectivity index (χ1n) is 3.88. The van der Waals surface area contributed by atoms with Gasteiger partial charge in [-0.05, 0) is 41.4 Å². The lowest BCUT2D eigenvalue weighted by Gasteiger charge is -2.06. The van der Waals surface area contributed by atoms with E-state index in [4.69, 9.17) is 5.11 Å². The number of halogens is 1. The van der Waals surface area contributed by atoms with Gasteiger partial charge in [-0.2, -0.15) is 0 Å². The third-order valence-corrected chi connectivity index (χ3v) is 2.08. The molecule has 0 aliphatic heterocycles. The molecule has 1 unspecified atom stereocenters.